The van der Waals surface area contributed by atoms with Gasteiger partial charge in [-0.25, -0.2) is 8.42 Å². The zero-order chi connectivity index (χ0) is 26.0. The molecule has 0 bridgehead atoms. The van der Waals surface area contributed by atoms with E-state index in [2.05, 4.69) is 21.2 Å². The number of amides is 2. The van der Waals surface area contributed by atoms with Gasteiger partial charge in [-0.2, -0.15) is 0 Å². The van der Waals surface area contributed by atoms with Gasteiger partial charge in [0, 0.05) is 17.6 Å². The summed E-state index contributed by atoms with van der Waals surface area (Å²) in [5.74, 6) is -0.108. The van der Waals surface area contributed by atoms with Crippen LogP contribution in [-0.4, -0.2) is 57.6 Å². The fraction of sp³-hybridized carbons (Fsp3) is 0.440. The van der Waals surface area contributed by atoms with Crippen LogP contribution < -0.4 is 14.4 Å². The predicted molar refractivity (Wildman–Crippen MR) is 142 cm³/mol. The Morgan fingerprint density at radius 3 is 2.43 bits per heavy atom. The first-order valence-electron chi connectivity index (χ1n) is 11.5. The van der Waals surface area contributed by atoms with Crippen molar-refractivity contribution in [3.63, 3.8) is 0 Å². The lowest BCUT2D eigenvalue weighted by molar-refractivity contribution is -0.140. The quantitative estimate of drug-likeness (QED) is 0.370. The van der Waals surface area contributed by atoms with Crippen LogP contribution in [0, 0.1) is 0 Å². The van der Waals surface area contributed by atoms with Gasteiger partial charge in [-0.3, -0.25) is 13.9 Å². The first-order chi connectivity index (χ1) is 16.6. The van der Waals surface area contributed by atoms with Gasteiger partial charge in [0.15, 0.2) is 0 Å². The summed E-state index contributed by atoms with van der Waals surface area (Å²) in [6.07, 6.45) is 3.20. The van der Waals surface area contributed by atoms with E-state index in [0.717, 1.165) is 29.0 Å². The topological polar surface area (TPSA) is 96.0 Å². The number of carbonyl (C=O) groups is 2. The van der Waals surface area contributed by atoms with Crippen LogP contribution in [0.5, 0.6) is 5.75 Å². The molecule has 0 heterocycles. The molecule has 0 fully saturated rings. The van der Waals surface area contributed by atoms with Crippen molar-refractivity contribution in [3.8, 4) is 5.75 Å². The first kappa shape index (κ1) is 28.6. The van der Waals surface area contributed by atoms with Crippen molar-refractivity contribution in [1.82, 2.24) is 10.2 Å². The van der Waals surface area contributed by atoms with Crippen molar-refractivity contribution >= 4 is 43.5 Å². The van der Waals surface area contributed by atoms with Crippen molar-refractivity contribution in [2.45, 2.75) is 45.7 Å². The molecule has 2 amide bonds. The molecule has 0 spiro atoms. The van der Waals surface area contributed by atoms with Crippen molar-refractivity contribution in [3.05, 3.63) is 58.6 Å². The Balaban J connectivity index is 2.42. The maximum absolute atomic E-state index is 13.6. The Morgan fingerprint density at radius 1 is 1.11 bits per heavy atom. The third kappa shape index (κ3) is 8.54. The second-order valence-electron chi connectivity index (χ2n) is 8.19. The molecule has 0 aliphatic rings. The lowest BCUT2D eigenvalue weighted by Gasteiger charge is -2.33. The molecule has 1 atom stereocenters. The summed E-state index contributed by atoms with van der Waals surface area (Å²) in [4.78, 5) is 28.1. The monoisotopic (exact) mass is 567 g/mol. The van der Waals surface area contributed by atoms with Gasteiger partial charge in [-0.15, -0.1) is 0 Å². The van der Waals surface area contributed by atoms with Crippen molar-refractivity contribution in [2.75, 3.05) is 30.8 Å². The van der Waals surface area contributed by atoms with E-state index in [1.54, 1.807) is 43.5 Å². The molecule has 2 aromatic carbocycles. The minimum Gasteiger partial charge on any atom is -0.497 e. The minimum absolute atomic E-state index is 0.131. The summed E-state index contributed by atoms with van der Waals surface area (Å²) in [5.41, 5.74) is 1.13. The Morgan fingerprint density at radius 2 is 1.83 bits per heavy atom. The van der Waals surface area contributed by atoms with E-state index >= 15 is 0 Å². The average molecular weight is 569 g/mol. The van der Waals surface area contributed by atoms with Crippen LogP contribution in [0.3, 0.4) is 0 Å². The van der Waals surface area contributed by atoms with Gasteiger partial charge in [-0.1, -0.05) is 54.4 Å². The average Bonchev–Trinajstić information content (AvgIpc) is 2.81. The first-order valence-corrected chi connectivity index (χ1v) is 14.2. The number of methoxy groups -OCH3 is 1. The normalized spacial score (nSPS) is 12.0. The maximum Gasteiger partial charge on any atom is 0.244 e. The molecule has 1 unspecified atom stereocenters. The molecule has 35 heavy (non-hydrogen) atoms. The van der Waals surface area contributed by atoms with Crippen LogP contribution in [0.1, 0.15) is 38.7 Å². The number of carbonyl (C=O) groups excluding carboxylic acids is 2. The fourth-order valence-corrected chi connectivity index (χ4v) is 4.87. The molecule has 1 N–H and O–H groups in total. The van der Waals surface area contributed by atoms with Gasteiger partial charge in [0.1, 0.15) is 18.3 Å². The van der Waals surface area contributed by atoms with Gasteiger partial charge in [0.25, 0.3) is 0 Å². The number of anilines is 1. The zero-order valence-corrected chi connectivity index (χ0v) is 23.1. The summed E-state index contributed by atoms with van der Waals surface area (Å²) in [5, 5.41) is 2.91. The number of hydrogen-bond acceptors (Lipinski definition) is 5. The Hall–Kier alpha value is -2.59. The van der Waals surface area contributed by atoms with Crippen LogP contribution in [0.4, 0.5) is 5.69 Å². The molecule has 192 valence electrons. The van der Waals surface area contributed by atoms with E-state index in [4.69, 9.17) is 4.74 Å². The fourth-order valence-electron chi connectivity index (χ4n) is 3.64. The number of benzene rings is 2. The van der Waals surface area contributed by atoms with Crippen molar-refractivity contribution < 1.29 is 22.7 Å². The van der Waals surface area contributed by atoms with E-state index < -0.39 is 28.5 Å². The van der Waals surface area contributed by atoms with Crippen LogP contribution in [0.25, 0.3) is 0 Å². The van der Waals surface area contributed by atoms with Crippen LogP contribution in [0.15, 0.2) is 53.0 Å². The number of halogens is 1. The minimum atomic E-state index is -3.77. The number of rotatable bonds is 13. The van der Waals surface area contributed by atoms with Crippen LogP contribution in [0.2, 0.25) is 0 Å². The highest BCUT2D eigenvalue weighted by Crippen LogP contribution is 2.23. The van der Waals surface area contributed by atoms with Gasteiger partial charge >= 0.3 is 0 Å². The number of hydrogen-bond donors (Lipinski definition) is 1. The van der Waals surface area contributed by atoms with E-state index in [1.165, 1.54) is 4.90 Å². The number of unbranched alkanes of at least 4 members (excludes halogenated alkanes) is 1. The number of ether oxygens (including phenoxy) is 1. The van der Waals surface area contributed by atoms with Crippen LogP contribution in [-0.2, 0) is 26.2 Å². The Bertz CT molecular complexity index is 1110. The van der Waals surface area contributed by atoms with E-state index in [1.807, 2.05) is 26.0 Å². The summed E-state index contributed by atoms with van der Waals surface area (Å²) in [7, 11) is -2.22. The lowest BCUT2D eigenvalue weighted by atomic mass is 10.1. The maximum atomic E-state index is 13.6. The van der Waals surface area contributed by atoms with E-state index in [-0.39, 0.29) is 12.5 Å². The molecule has 2 rings (SSSR count). The molecule has 0 aliphatic heterocycles. The number of sulfonamides is 1. The number of nitrogens with zero attached hydrogens (tertiary/aromatic N) is 2. The molecule has 0 radical (unpaired) electrons. The highest BCUT2D eigenvalue weighted by Gasteiger charge is 2.31. The van der Waals surface area contributed by atoms with Gasteiger partial charge in [-0.05, 0) is 48.7 Å². The second kappa shape index (κ2) is 13.5. The standard InChI is InChI=1S/C25H34BrN3O5S/c1-5-7-14-27-25(31)23(6-2)28(17-19-10-8-13-22(15-19)34-3)24(30)18-29(35(4,32)33)21-12-9-11-20(26)16-21/h8-13,15-16,23H,5-7,14,17-18H2,1-4H3,(H,27,31). The summed E-state index contributed by atoms with van der Waals surface area (Å²) in [6.45, 7) is 4.08. The molecule has 2 aromatic rings. The SMILES string of the molecule is CCCCNC(=O)C(CC)N(Cc1cccc(OC)c1)C(=O)CN(c1cccc(Br)c1)S(C)(=O)=O. The van der Waals surface area contributed by atoms with Gasteiger partial charge in [0.05, 0.1) is 19.1 Å². The highest BCUT2D eigenvalue weighted by atomic mass is 79.9. The largest absolute Gasteiger partial charge is 0.497 e. The van der Waals surface area contributed by atoms with Gasteiger partial charge < -0.3 is 15.0 Å². The predicted octanol–water partition coefficient (Wildman–Crippen LogP) is 3.95. The smallest absolute Gasteiger partial charge is 0.244 e. The molecular formula is C25H34BrN3O5S. The Labute approximate surface area is 216 Å². The lowest BCUT2D eigenvalue weighted by Crippen LogP contribution is -2.52. The molecule has 0 saturated heterocycles. The van der Waals surface area contributed by atoms with Crippen LogP contribution >= 0.6 is 15.9 Å². The molecule has 10 heteroatoms. The second-order valence-corrected chi connectivity index (χ2v) is 11.0. The zero-order valence-electron chi connectivity index (χ0n) is 20.7. The summed E-state index contributed by atoms with van der Waals surface area (Å²) < 4.78 is 32.3. The van der Waals surface area contributed by atoms with E-state index in [9.17, 15) is 18.0 Å². The molecular weight excluding hydrogens is 534 g/mol. The number of nitrogens with one attached hydrogen (secondary N) is 1. The third-order valence-electron chi connectivity index (χ3n) is 5.48. The third-order valence-corrected chi connectivity index (χ3v) is 7.11. The molecule has 8 nitrogen and oxygen atoms in total. The van der Waals surface area contributed by atoms with Crippen molar-refractivity contribution in [1.29, 1.82) is 0 Å². The Kier molecular flexibility index (Phi) is 11.0. The van der Waals surface area contributed by atoms with Crippen molar-refractivity contribution in [2.24, 2.45) is 0 Å². The van der Waals surface area contributed by atoms with E-state index in [0.29, 0.717) is 28.9 Å². The van der Waals surface area contributed by atoms with Gasteiger partial charge in [0.2, 0.25) is 21.8 Å². The summed E-state index contributed by atoms with van der Waals surface area (Å²) in [6, 6.07) is 13.2. The molecule has 0 aliphatic carbocycles. The molecule has 0 saturated carbocycles. The molecule has 0 aromatic heterocycles. The highest BCUT2D eigenvalue weighted by molar-refractivity contribution is 9.10. The summed E-state index contributed by atoms with van der Waals surface area (Å²) >= 11 is 3.35.